The van der Waals surface area contributed by atoms with Crippen molar-refractivity contribution in [1.82, 2.24) is 0 Å². The van der Waals surface area contributed by atoms with E-state index in [0.29, 0.717) is 0 Å². The minimum Gasteiger partial charge on any atom is -0.505 e. The molecule has 2 heterocycles. The van der Waals surface area contributed by atoms with Gasteiger partial charge < -0.3 is 59.8 Å². The number of hydrogen-bond acceptors (Lipinski definition) is 13. The molecule has 1 fully saturated rings. The summed E-state index contributed by atoms with van der Waals surface area (Å²) in [5, 5.41) is 78.6. The Morgan fingerprint density at radius 3 is 2.34 bits per heavy atom. The van der Waals surface area contributed by atoms with Crippen LogP contribution < -0.4 is 0 Å². The van der Waals surface area contributed by atoms with Crippen LogP contribution in [0.1, 0.15) is 6.42 Å². The number of aliphatic hydroxyl groups is 8. The zero-order valence-electron chi connectivity index (χ0n) is 15.5. The molecule has 0 amide bonds. The van der Waals surface area contributed by atoms with Crippen molar-refractivity contribution in [2.24, 2.45) is 0 Å². The number of carbonyl (C=O) groups excluding carboxylic acids is 1. The Bertz CT molecular complexity index is 608. The van der Waals surface area contributed by atoms with Gasteiger partial charge in [-0.3, -0.25) is 0 Å². The highest BCUT2D eigenvalue weighted by Gasteiger charge is 2.57. The molecular formula is C16H26O13. The van der Waals surface area contributed by atoms with Gasteiger partial charge in [0.25, 0.3) is 0 Å². The highest BCUT2D eigenvalue weighted by molar-refractivity contribution is 5.90. The average Bonchev–Trinajstić information content (AvgIpc) is 2.93. The van der Waals surface area contributed by atoms with Gasteiger partial charge in [0.2, 0.25) is 17.7 Å². The first-order chi connectivity index (χ1) is 13.6. The second-order valence-electron chi connectivity index (χ2n) is 6.78. The largest absolute Gasteiger partial charge is 0.505 e. The van der Waals surface area contributed by atoms with Crippen LogP contribution in [0.5, 0.6) is 0 Å². The summed E-state index contributed by atoms with van der Waals surface area (Å²) in [5.74, 6) is -3.15. The van der Waals surface area contributed by atoms with Gasteiger partial charge in [0.15, 0.2) is 5.76 Å². The van der Waals surface area contributed by atoms with E-state index in [9.17, 15) is 40.5 Å². The van der Waals surface area contributed by atoms with E-state index in [4.69, 9.17) is 24.1 Å². The van der Waals surface area contributed by atoms with E-state index in [1.165, 1.54) is 7.11 Å². The van der Waals surface area contributed by atoms with Gasteiger partial charge in [-0.05, 0) is 0 Å². The molecule has 0 aromatic rings. The van der Waals surface area contributed by atoms with Crippen molar-refractivity contribution in [3.8, 4) is 0 Å². The number of hydrogen-bond donors (Lipinski definition) is 8. The standard InChI is InChI=1S/C16H26O13/c1-26-5-8(20)16(2-6(19)3-17)13(24)12(14(25)29-16)28-15-11(23)10(22)9(21)7(4-18)27-15/h6-11,15,17-24H,2-5H2,1H3/t6?,7-,8+,9-,10+,11-,15?,16-/m1/s1. The number of rotatable bonds is 9. The van der Waals surface area contributed by atoms with Crippen LogP contribution in [0.2, 0.25) is 0 Å². The smallest absolute Gasteiger partial charge is 0.378 e. The van der Waals surface area contributed by atoms with E-state index >= 15 is 0 Å². The molecule has 2 unspecified atom stereocenters. The summed E-state index contributed by atoms with van der Waals surface area (Å²) in [7, 11) is 1.22. The summed E-state index contributed by atoms with van der Waals surface area (Å²) in [6, 6.07) is 0. The average molecular weight is 426 g/mol. The molecule has 8 N–H and O–H groups in total. The molecule has 0 saturated carbocycles. The van der Waals surface area contributed by atoms with E-state index < -0.39 is 92.2 Å². The molecule has 0 radical (unpaired) electrons. The topological polar surface area (TPSA) is 216 Å². The lowest BCUT2D eigenvalue weighted by Crippen LogP contribution is -2.59. The van der Waals surface area contributed by atoms with Gasteiger partial charge in [0, 0.05) is 13.5 Å². The van der Waals surface area contributed by atoms with Crippen LogP contribution in [-0.4, -0.2) is 122 Å². The van der Waals surface area contributed by atoms with E-state index in [2.05, 4.69) is 0 Å². The second-order valence-corrected chi connectivity index (χ2v) is 6.78. The Balaban J connectivity index is 2.34. The summed E-state index contributed by atoms with van der Waals surface area (Å²) in [4.78, 5) is 12.3. The van der Waals surface area contributed by atoms with Gasteiger partial charge in [-0.25, -0.2) is 4.79 Å². The zero-order valence-corrected chi connectivity index (χ0v) is 15.5. The highest BCUT2D eigenvalue weighted by atomic mass is 16.7. The lowest BCUT2D eigenvalue weighted by Gasteiger charge is -2.39. The molecule has 168 valence electrons. The number of aliphatic hydroxyl groups excluding tert-OH is 8. The maximum Gasteiger partial charge on any atom is 0.378 e. The Kier molecular flexibility index (Phi) is 7.78. The molecule has 0 aromatic carbocycles. The molecule has 0 aliphatic carbocycles. The summed E-state index contributed by atoms with van der Waals surface area (Å²) < 4.78 is 20.1. The van der Waals surface area contributed by atoms with Crippen molar-refractivity contribution in [3.63, 3.8) is 0 Å². The SMILES string of the molecule is COC[C@H](O)[C@@]1(CC(O)CO)OC(=O)C(OC2O[C@H](CO)[C@@H](O)[C@H](O)[C@H]2O)=C1O. The highest BCUT2D eigenvalue weighted by Crippen LogP contribution is 2.40. The molecule has 29 heavy (non-hydrogen) atoms. The van der Waals surface area contributed by atoms with Crippen molar-refractivity contribution in [2.75, 3.05) is 26.9 Å². The van der Waals surface area contributed by atoms with Gasteiger partial charge in [-0.1, -0.05) is 0 Å². The van der Waals surface area contributed by atoms with Gasteiger partial charge >= 0.3 is 5.97 Å². The van der Waals surface area contributed by atoms with Crippen LogP contribution in [-0.2, 0) is 23.7 Å². The van der Waals surface area contributed by atoms with Gasteiger partial charge in [-0.2, -0.15) is 0 Å². The lowest BCUT2D eigenvalue weighted by atomic mass is 9.88. The monoisotopic (exact) mass is 426 g/mol. The van der Waals surface area contributed by atoms with E-state index in [-0.39, 0.29) is 0 Å². The van der Waals surface area contributed by atoms with Crippen LogP contribution in [0, 0.1) is 0 Å². The molecule has 2 aliphatic heterocycles. The maximum absolute atomic E-state index is 12.3. The minimum atomic E-state index is -2.22. The summed E-state index contributed by atoms with van der Waals surface area (Å²) in [5.41, 5.74) is -2.22. The number of esters is 1. The first-order valence-corrected chi connectivity index (χ1v) is 8.73. The molecule has 8 atom stereocenters. The molecule has 13 nitrogen and oxygen atoms in total. The lowest BCUT2D eigenvalue weighted by molar-refractivity contribution is -0.291. The molecule has 0 spiro atoms. The molecule has 13 heteroatoms. The van der Waals surface area contributed by atoms with Crippen molar-refractivity contribution in [1.29, 1.82) is 0 Å². The van der Waals surface area contributed by atoms with E-state index in [0.717, 1.165) is 0 Å². The van der Waals surface area contributed by atoms with Crippen LogP contribution >= 0.6 is 0 Å². The Labute approximate surface area is 164 Å². The number of cyclic esters (lactones) is 1. The van der Waals surface area contributed by atoms with Crippen molar-refractivity contribution in [2.45, 2.75) is 54.9 Å². The first-order valence-electron chi connectivity index (χ1n) is 8.73. The minimum absolute atomic E-state index is 0.428. The summed E-state index contributed by atoms with van der Waals surface area (Å²) >= 11 is 0. The quantitative estimate of drug-likeness (QED) is 0.164. The van der Waals surface area contributed by atoms with Crippen LogP contribution in [0.15, 0.2) is 11.5 Å². The third-order valence-electron chi connectivity index (χ3n) is 4.77. The van der Waals surface area contributed by atoms with Crippen LogP contribution in [0.4, 0.5) is 0 Å². The second kappa shape index (κ2) is 9.51. The van der Waals surface area contributed by atoms with Gasteiger partial charge in [-0.15, -0.1) is 0 Å². The van der Waals surface area contributed by atoms with Crippen LogP contribution in [0.25, 0.3) is 0 Å². The Hall–Kier alpha value is -1.55. The number of ether oxygens (including phenoxy) is 4. The maximum atomic E-state index is 12.3. The fourth-order valence-electron chi connectivity index (χ4n) is 3.14. The molecular weight excluding hydrogens is 400 g/mol. The Morgan fingerprint density at radius 2 is 1.79 bits per heavy atom. The zero-order chi connectivity index (χ0) is 21.9. The van der Waals surface area contributed by atoms with Crippen molar-refractivity contribution < 1.29 is 64.6 Å². The fraction of sp³-hybridized carbons (Fsp3) is 0.812. The van der Waals surface area contributed by atoms with E-state index in [1.54, 1.807) is 0 Å². The number of methoxy groups -OCH3 is 1. The van der Waals surface area contributed by atoms with Gasteiger partial charge in [0.05, 0.1) is 25.9 Å². The van der Waals surface area contributed by atoms with Crippen molar-refractivity contribution in [3.05, 3.63) is 11.5 Å². The summed E-state index contributed by atoms with van der Waals surface area (Å²) in [6.45, 7) is -1.95. The molecule has 1 saturated heterocycles. The first kappa shape index (κ1) is 23.7. The predicted molar refractivity (Wildman–Crippen MR) is 88.9 cm³/mol. The van der Waals surface area contributed by atoms with Crippen LogP contribution in [0.3, 0.4) is 0 Å². The normalized spacial score (nSPS) is 37.4. The molecule has 2 rings (SSSR count). The molecule has 0 aromatic heterocycles. The summed E-state index contributed by atoms with van der Waals surface area (Å²) in [6.07, 6.45) is -12.3. The predicted octanol–water partition coefficient (Wildman–Crippen LogP) is -4.38. The third kappa shape index (κ3) is 4.47. The van der Waals surface area contributed by atoms with Gasteiger partial charge in [0.1, 0.15) is 30.5 Å². The third-order valence-corrected chi connectivity index (χ3v) is 4.77. The van der Waals surface area contributed by atoms with Crippen molar-refractivity contribution >= 4 is 5.97 Å². The number of carbonyl (C=O) groups is 1. The van der Waals surface area contributed by atoms with E-state index in [1.807, 2.05) is 0 Å². The Morgan fingerprint density at radius 1 is 1.14 bits per heavy atom. The fourth-order valence-corrected chi connectivity index (χ4v) is 3.14. The molecule has 2 aliphatic rings. The molecule has 0 bridgehead atoms.